The van der Waals surface area contributed by atoms with Crippen LogP contribution in [0.15, 0.2) is 194 Å². The molecule has 7 heteroatoms. The van der Waals surface area contributed by atoms with Gasteiger partial charge < -0.3 is 4.74 Å². The average Bonchev–Trinajstić information content (AvgIpc) is 3.54. The molecule has 0 N–H and O–H groups in total. The van der Waals surface area contributed by atoms with E-state index in [0.717, 1.165) is 33.6 Å². The highest BCUT2D eigenvalue weighted by Crippen LogP contribution is 2.24. The first kappa shape index (κ1) is 81.7. The number of aryl methyl sites for hydroxylation is 6. The van der Waals surface area contributed by atoms with E-state index in [-0.39, 0.29) is 24.8 Å². The van der Waals surface area contributed by atoms with E-state index in [9.17, 15) is 17.8 Å². The lowest BCUT2D eigenvalue weighted by Crippen LogP contribution is -1.95. The molecule has 0 aliphatic heterocycles. The third-order valence-corrected chi connectivity index (χ3v) is 9.75. The summed E-state index contributed by atoms with van der Waals surface area (Å²) in [6.45, 7) is 44.0. The van der Waals surface area contributed by atoms with Gasteiger partial charge in [-0.1, -0.05) is 302 Å². The quantitative estimate of drug-likeness (QED) is 0.135. The molecular formula is C73H104F4O3. The van der Waals surface area contributed by atoms with Crippen LogP contribution in [0.1, 0.15) is 161 Å². The summed E-state index contributed by atoms with van der Waals surface area (Å²) < 4.78 is 52.7. The molecule has 8 rings (SSSR count). The SMILES string of the molecule is CC.CC.CC.CC.CC.CC.CC.CC.Cc1ccc(-c2ccc(OF)cc2)cc1.Cc1ccc(CF)cc1.Cc1ccc(CF)cc1.Cc1ccc(COc2ccc(-c3ccc(C)cc3)cc2)cc1.Cc1ccc(OF)cc1. The Hall–Kier alpha value is -7.12. The topological polar surface area (TPSA) is 27.7 Å². The highest BCUT2D eigenvalue weighted by molar-refractivity contribution is 5.65. The highest BCUT2D eigenvalue weighted by Gasteiger charge is 2.01. The number of halogens is 4. The molecule has 0 saturated heterocycles. The van der Waals surface area contributed by atoms with Crippen molar-refractivity contribution in [2.45, 2.75) is 172 Å². The largest absolute Gasteiger partial charge is 0.489 e. The van der Waals surface area contributed by atoms with Crippen LogP contribution < -0.4 is 14.6 Å². The van der Waals surface area contributed by atoms with Crippen molar-refractivity contribution < 1.29 is 32.5 Å². The molecule has 3 nitrogen and oxygen atoms in total. The van der Waals surface area contributed by atoms with E-state index >= 15 is 0 Å². The van der Waals surface area contributed by atoms with Crippen molar-refractivity contribution in [2.75, 3.05) is 0 Å². The molecule has 0 heterocycles. The number of hydrogen-bond donors (Lipinski definition) is 0. The molecule has 80 heavy (non-hydrogen) atoms. The molecular weight excluding hydrogens is 1000 g/mol. The fourth-order valence-electron chi connectivity index (χ4n) is 5.73. The maximum absolute atomic E-state index is 11.9. The van der Waals surface area contributed by atoms with Crippen LogP contribution in [0.3, 0.4) is 0 Å². The van der Waals surface area contributed by atoms with E-state index in [2.05, 4.69) is 96.5 Å². The summed E-state index contributed by atoms with van der Waals surface area (Å²) >= 11 is 0. The Balaban J connectivity index is -0.000000286. The Morgan fingerprint density at radius 2 is 0.412 bits per heavy atom. The molecule has 0 unspecified atom stereocenters. The van der Waals surface area contributed by atoms with Gasteiger partial charge in [-0.2, -0.15) is 0 Å². The van der Waals surface area contributed by atoms with Crippen molar-refractivity contribution in [3.8, 4) is 39.5 Å². The van der Waals surface area contributed by atoms with Crippen molar-refractivity contribution in [3.63, 3.8) is 0 Å². The lowest BCUT2D eigenvalue weighted by molar-refractivity contribution is -0.00621. The molecule has 0 atom stereocenters. The number of hydrogen-bond acceptors (Lipinski definition) is 3. The van der Waals surface area contributed by atoms with Gasteiger partial charge in [-0.3, -0.25) is 9.88 Å². The summed E-state index contributed by atoms with van der Waals surface area (Å²) in [7, 11) is 0. The van der Waals surface area contributed by atoms with Crippen molar-refractivity contribution >= 4 is 0 Å². The predicted octanol–water partition coefficient (Wildman–Crippen LogP) is 24.9. The first-order valence-corrected chi connectivity index (χ1v) is 28.9. The van der Waals surface area contributed by atoms with Gasteiger partial charge in [-0.05, 0) is 117 Å². The zero-order valence-corrected chi connectivity index (χ0v) is 53.3. The standard InChI is InChI=1S/C21H20O.C13H11FO.2C8H9F.C7H7FO.8C2H6/c1-16-3-7-18(8-4-16)15-22-21-13-11-20(12-14-21)19-9-5-17(2)6-10-19;1-10-2-4-11(5-3-10)12-6-8-13(15-14)9-7-12;2*1-7-2-4-8(6-9)5-3-7;1-6-2-4-7(9-8)5-3-6;8*1-2/h3-14H,15H2,1-2H3;2-9H,1H3;2*2-5H,6H2,1H3;2-5H,1H3;8*1-2H3. The van der Waals surface area contributed by atoms with E-state index in [1.165, 1.54) is 44.5 Å². The minimum Gasteiger partial charge on any atom is -0.489 e. The van der Waals surface area contributed by atoms with Gasteiger partial charge >= 0.3 is 0 Å². The van der Waals surface area contributed by atoms with Crippen molar-refractivity contribution in [1.29, 1.82) is 0 Å². The van der Waals surface area contributed by atoms with Gasteiger partial charge in [-0.25, -0.2) is 8.78 Å². The lowest BCUT2D eigenvalue weighted by Gasteiger charge is -2.08. The van der Waals surface area contributed by atoms with Gasteiger partial charge in [0.2, 0.25) is 0 Å². The maximum Gasteiger partial charge on any atom is 0.171 e. The van der Waals surface area contributed by atoms with Gasteiger partial charge in [0.1, 0.15) is 25.7 Å². The Morgan fingerprint density at radius 1 is 0.237 bits per heavy atom. The van der Waals surface area contributed by atoms with Crippen LogP contribution in [0.5, 0.6) is 17.2 Å². The third-order valence-electron chi connectivity index (χ3n) is 9.75. The summed E-state index contributed by atoms with van der Waals surface area (Å²) in [5.74, 6) is 1.38. The van der Waals surface area contributed by atoms with Crippen LogP contribution >= 0.6 is 0 Å². The Bertz CT molecular complexity index is 2360. The number of rotatable bonds is 9. The molecule has 8 aromatic rings. The smallest absolute Gasteiger partial charge is 0.171 e. The van der Waals surface area contributed by atoms with Gasteiger partial charge in [-0.15, -0.1) is 0 Å². The first-order valence-electron chi connectivity index (χ1n) is 28.9. The minimum absolute atomic E-state index is 0.228. The Kier molecular flexibility index (Phi) is 59.3. The van der Waals surface area contributed by atoms with Crippen LogP contribution in [-0.4, -0.2) is 0 Å². The number of alkyl halides is 2. The molecule has 8 aromatic carbocycles. The van der Waals surface area contributed by atoms with Gasteiger partial charge in [0.05, 0.1) is 0 Å². The lowest BCUT2D eigenvalue weighted by atomic mass is 10.0. The molecule has 0 saturated carbocycles. The molecule has 0 radical (unpaired) electrons. The monoisotopic (exact) mass is 1100 g/mol. The summed E-state index contributed by atoms with van der Waals surface area (Å²) in [5, 5.41) is 0. The molecule has 0 amide bonds. The summed E-state index contributed by atoms with van der Waals surface area (Å²) in [6.07, 6.45) is 0. The molecule has 0 aromatic heterocycles. The van der Waals surface area contributed by atoms with E-state index in [0.29, 0.717) is 6.61 Å². The van der Waals surface area contributed by atoms with E-state index in [1.807, 2.05) is 199 Å². The van der Waals surface area contributed by atoms with Crippen molar-refractivity contribution in [3.05, 3.63) is 244 Å². The fraction of sp³-hybridized carbons (Fsp3) is 0.342. The summed E-state index contributed by atoms with van der Waals surface area (Å²) in [5.41, 5.74) is 14.5. The molecule has 0 spiro atoms. The highest BCUT2D eigenvalue weighted by atomic mass is 19.3. The fourth-order valence-corrected chi connectivity index (χ4v) is 5.73. The number of ether oxygens (including phenoxy) is 1. The summed E-state index contributed by atoms with van der Waals surface area (Å²) in [4.78, 5) is 7.09. The molecule has 0 aliphatic carbocycles. The van der Waals surface area contributed by atoms with Crippen LogP contribution in [0.2, 0.25) is 0 Å². The summed E-state index contributed by atoms with van der Waals surface area (Å²) in [6, 6.07) is 61.9. The van der Waals surface area contributed by atoms with Crippen LogP contribution in [-0.2, 0) is 20.0 Å². The Labute approximate surface area is 486 Å². The normalized spacial score (nSPS) is 8.53. The second kappa shape index (κ2) is 58.0. The van der Waals surface area contributed by atoms with Gasteiger partial charge in [0.15, 0.2) is 11.5 Å². The maximum atomic E-state index is 11.9. The zero-order valence-electron chi connectivity index (χ0n) is 53.3. The number of benzene rings is 8. The molecule has 0 fully saturated rings. The second-order valence-corrected chi connectivity index (χ2v) is 15.3. The molecule has 0 bridgehead atoms. The molecule has 442 valence electrons. The van der Waals surface area contributed by atoms with Crippen LogP contribution in [0.4, 0.5) is 17.8 Å². The van der Waals surface area contributed by atoms with Crippen molar-refractivity contribution in [1.82, 2.24) is 0 Å². The third kappa shape index (κ3) is 39.3. The van der Waals surface area contributed by atoms with E-state index < -0.39 is 0 Å². The first-order chi connectivity index (χ1) is 39.0. The predicted molar refractivity (Wildman–Crippen MR) is 346 cm³/mol. The van der Waals surface area contributed by atoms with E-state index in [1.54, 1.807) is 60.7 Å². The van der Waals surface area contributed by atoms with Crippen molar-refractivity contribution in [2.24, 2.45) is 0 Å². The van der Waals surface area contributed by atoms with Crippen LogP contribution in [0, 0.1) is 41.5 Å². The Morgan fingerprint density at radius 3 is 0.637 bits per heavy atom. The second-order valence-electron chi connectivity index (χ2n) is 15.3. The minimum atomic E-state index is -0.361. The van der Waals surface area contributed by atoms with E-state index in [4.69, 9.17) is 4.74 Å². The van der Waals surface area contributed by atoms with Gasteiger partial charge in [0, 0.05) is 9.05 Å². The van der Waals surface area contributed by atoms with Crippen LogP contribution in [0.25, 0.3) is 22.3 Å². The molecule has 0 aliphatic rings. The zero-order chi connectivity index (χ0) is 62.1. The average molecular weight is 1110 g/mol. The van der Waals surface area contributed by atoms with Gasteiger partial charge in [0.25, 0.3) is 0 Å².